The molecule has 0 saturated heterocycles. The molecule has 4 nitrogen and oxygen atoms in total. The molecule has 0 spiro atoms. The molecule has 2 N–H and O–H groups in total. The number of carbonyl (C=O) groups excluding carboxylic acids is 2. The Hall–Kier alpha value is -1.79. The van der Waals surface area contributed by atoms with Crippen LogP contribution in [0.3, 0.4) is 0 Å². The van der Waals surface area contributed by atoms with Crippen LogP contribution in [0.2, 0.25) is 0 Å². The van der Waals surface area contributed by atoms with Crippen molar-refractivity contribution >= 4 is 39.9 Å². The van der Waals surface area contributed by atoms with Crippen molar-refractivity contribution in [2.75, 3.05) is 18.6 Å². The highest BCUT2D eigenvalue weighted by atomic mass is 32.2. The van der Waals surface area contributed by atoms with Crippen LogP contribution in [-0.2, 0) is 11.2 Å². The number of thiophene rings is 1. The standard InChI is InChI=1S/C17H18N2O2S2/c1-9(22-3)15(20)19-17-14(16(21)18-2)13-11-7-5-4-6-10(11)8-12(13)23-17/h4-7,9H,8H2,1-3H3,(H,18,21)(H,19,20). The van der Waals surface area contributed by atoms with Gasteiger partial charge in [0.25, 0.3) is 5.91 Å². The average Bonchev–Trinajstić information content (AvgIpc) is 3.08. The van der Waals surface area contributed by atoms with E-state index in [1.807, 2.05) is 31.4 Å². The molecule has 1 aliphatic carbocycles. The van der Waals surface area contributed by atoms with Gasteiger partial charge in [-0.25, -0.2) is 0 Å². The molecule has 0 radical (unpaired) electrons. The van der Waals surface area contributed by atoms with E-state index in [0.29, 0.717) is 10.6 Å². The molecule has 3 rings (SSSR count). The van der Waals surface area contributed by atoms with Crippen LogP contribution in [0.1, 0.15) is 27.7 Å². The summed E-state index contributed by atoms with van der Waals surface area (Å²) in [5.74, 6) is -0.234. The molecule has 1 aromatic carbocycles. The van der Waals surface area contributed by atoms with Crippen LogP contribution in [0.5, 0.6) is 0 Å². The molecular formula is C17H18N2O2S2. The van der Waals surface area contributed by atoms with Crippen molar-refractivity contribution in [1.82, 2.24) is 5.32 Å². The first-order valence-corrected chi connectivity index (χ1v) is 9.47. The molecule has 6 heteroatoms. The molecule has 1 unspecified atom stereocenters. The van der Waals surface area contributed by atoms with Gasteiger partial charge in [-0.1, -0.05) is 24.3 Å². The van der Waals surface area contributed by atoms with Crippen molar-refractivity contribution in [3.05, 3.63) is 40.3 Å². The quantitative estimate of drug-likeness (QED) is 0.761. The van der Waals surface area contributed by atoms with E-state index >= 15 is 0 Å². The van der Waals surface area contributed by atoms with E-state index in [4.69, 9.17) is 0 Å². The van der Waals surface area contributed by atoms with Crippen molar-refractivity contribution in [2.45, 2.75) is 18.6 Å². The second-order valence-electron chi connectivity index (χ2n) is 5.38. The number of nitrogens with one attached hydrogen (secondary N) is 2. The largest absolute Gasteiger partial charge is 0.355 e. The van der Waals surface area contributed by atoms with Crippen LogP contribution in [-0.4, -0.2) is 30.4 Å². The number of amides is 2. The minimum absolute atomic E-state index is 0.0733. The zero-order chi connectivity index (χ0) is 16.6. The predicted molar refractivity (Wildman–Crippen MR) is 97.6 cm³/mol. The Bertz CT molecular complexity index is 783. The fraction of sp³-hybridized carbons (Fsp3) is 0.294. The summed E-state index contributed by atoms with van der Waals surface area (Å²) in [6.07, 6.45) is 2.71. The Kier molecular flexibility index (Phi) is 4.46. The Balaban J connectivity index is 2.07. The molecule has 1 aliphatic rings. The molecule has 1 aromatic heterocycles. The van der Waals surface area contributed by atoms with E-state index in [2.05, 4.69) is 16.7 Å². The highest BCUT2D eigenvalue weighted by Gasteiger charge is 2.30. The number of hydrogen-bond acceptors (Lipinski definition) is 4. The minimum Gasteiger partial charge on any atom is -0.355 e. The fourth-order valence-corrected chi connectivity index (χ4v) is 4.24. The van der Waals surface area contributed by atoms with Crippen LogP contribution in [0.4, 0.5) is 5.00 Å². The van der Waals surface area contributed by atoms with Crippen molar-refractivity contribution in [1.29, 1.82) is 0 Å². The zero-order valence-corrected chi connectivity index (χ0v) is 14.9. The SMILES string of the molecule is CNC(=O)c1c(NC(=O)C(C)SC)sc2c1-c1ccccc1C2. The summed E-state index contributed by atoms with van der Waals surface area (Å²) >= 11 is 2.99. The summed E-state index contributed by atoms with van der Waals surface area (Å²) < 4.78 is 0. The van der Waals surface area contributed by atoms with Gasteiger partial charge in [-0.2, -0.15) is 11.8 Å². The van der Waals surface area contributed by atoms with Gasteiger partial charge in [-0.3, -0.25) is 9.59 Å². The second-order valence-corrected chi connectivity index (χ2v) is 7.67. The van der Waals surface area contributed by atoms with E-state index < -0.39 is 0 Å². The van der Waals surface area contributed by atoms with Crippen LogP contribution < -0.4 is 10.6 Å². The molecule has 0 saturated carbocycles. The lowest BCUT2D eigenvalue weighted by molar-refractivity contribution is -0.115. The summed E-state index contributed by atoms with van der Waals surface area (Å²) in [6, 6.07) is 8.12. The first kappa shape index (κ1) is 16.1. The number of thioether (sulfide) groups is 1. The third kappa shape index (κ3) is 2.77. The van der Waals surface area contributed by atoms with Crippen LogP contribution in [0, 0.1) is 0 Å². The number of carbonyl (C=O) groups is 2. The minimum atomic E-state index is -0.161. The number of benzene rings is 1. The van der Waals surface area contributed by atoms with Crippen LogP contribution >= 0.6 is 23.1 Å². The van der Waals surface area contributed by atoms with Crippen molar-refractivity contribution in [3.63, 3.8) is 0 Å². The monoisotopic (exact) mass is 346 g/mol. The first-order valence-electron chi connectivity index (χ1n) is 7.36. The maximum absolute atomic E-state index is 12.4. The fourth-order valence-electron chi connectivity index (χ4n) is 2.73. The van der Waals surface area contributed by atoms with E-state index in [1.165, 1.54) is 28.7 Å². The summed E-state index contributed by atoms with van der Waals surface area (Å²) in [4.78, 5) is 25.8. The Morgan fingerprint density at radius 1 is 1.30 bits per heavy atom. The Morgan fingerprint density at radius 3 is 2.74 bits per heavy atom. The molecule has 0 aliphatic heterocycles. The van der Waals surface area contributed by atoms with Gasteiger partial charge in [-0.05, 0) is 24.3 Å². The van der Waals surface area contributed by atoms with Gasteiger partial charge in [0.2, 0.25) is 5.91 Å². The number of rotatable bonds is 4. The maximum atomic E-state index is 12.4. The van der Waals surface area contributed by atoms with Gasteiger partial charge in [-0.15, -0.1) is 11.3 Å². The number of anilines is 1. The predicted octanol–water partition coefficient (Wildman–Crippen LogP) is 3.37. The smallest absolute Gasteiger partial charge is 0.254 e. The van der Waals surface area contributed by atoms with Crippen LogP contribution in [0.15, 0.2) is 24.3 Å². The summed E-state index contributed by atoms with van der Waals surface area (Å²) in [7, 11) is 1.61. The van der Waals surface area contributed by atoms with Crippen molar-refractivity contribution in [3.8, 4) is 11.1 Å². The third-order valence-electron chi connectivity index (χ3n) is 4.03. The number of hydrogen-bond donors (Lipinski definition) is 2. The average molecular weight is 346 g/mol. The maximum Gasteiger partial charge on any atom is 0.254 e. The molecule has 120 valence electrons. The van der Waals surface area contributed by atoms with Gasteiger partial charge < -0.3 is 10.6 Å². The molecule has 2 aromatic rings. The number of fused-ring (bicyclic) bond motifs is 3. The van der Waals surface area contributed by atoms with E-state index in [9.17, 15) is 9.59 Å². The molecule has 23 heavy (non-hydrogen) atoms. The molecule has 0 fully saturated rings. The van der Waals surface area contributed by atoms with E-state index in [1.54, 1.807) is 7.05 Å². The molecule has 0 bridgehead atoms. The highest BCUT2D eigenvalue weighted by Crippen LogP contribution is 2.47. The lowest BCUT2D eigenvalue weighted by Crippen LogP contribution is -2.24. The summed E-state index contributed by atoms with van der Waals surface area (Å²) in [6.45, 7) is 1.86. The molecule has 1 atom stereocenters. The van der Waals surface area contributed by atoms with Gasteiger partial charge in [0, 0.05) is 23.9 Å². The van der Waals surface area contributed by atoms with Crippen molar-refractivity contribution < 1.29 is 9.59 Å². The van der Waals surface area contributed by atoms with Gasteiger partial charge in [0.15, 0.2) is 0 Å². The topological polar surface area (TPSA) is 58.2 Å². The normalized spacial score (nSPS) is 13.2. The van der Waals surface area contributed by atoms with Crippen molar-refractivity contribution in [2.24, 2.45) is 0 Å². The van der Waals surface area contributed by atoms with Gasteiger partial charge in [0.05, 0.1) is 10.8 Å². The lowest BCUT2D eigenvalue weighted by Gasteiger charge is -2.11. The van der Waals surface area contributed by atoms with Gasteiger partial charge in [0.1, 0.15) is 5.00 Å². The molecule has 1 heterocycles. The van der Waals surface area contributed by atoms with Crippen LogP contribution in [0.25, 0.3) is 11.1 Å². The zero-order valence-electron chi connectivity index (χ0n) is 13.2. The highest BCUT2D eigenvalue weighted by molar-refractivity contribution is 7.99. The molecule has 2 amide bonds. The molecular weight excluding hydrogens is 328 g/mol. The third-order valence-corrected chi connectivity index (χ3v) is 6.06. The van der Waals surface area contributed by atoms with E-state index in [-0.39, 0.29) is 17.1 Å². The Morgan fingerprint density at radius 2 is 2.04 bits per heavy atom. The Labute approximate surface area is 143 Å². The van der Waals surface area contributed by atoms with E-state index in [0.717, 1.165) is 22.4 Å². The first-order chi connectivity index (χ1) is 11.1. The van der Waals surface area contributed by atoms with Gasteiger partial charge >= 0.3 is 0 Å². The summed E-state index contributed by atoms with van der Waals surface area (Å²) in [5, 5.41) is 6.12. The second kappa shape index (κ2) is 6.37. The summed E-state index contributed by atoms with van der Waals surface area (Å²) in [5.41, 5.74) is 3.88. The lowest BCUT2D eigenvalue weighted by atomic mass is 10.0.